The number of nitrogens with zero attached hydrogens (tertiary/aromatic N) is 2. The lowest BCUT2D eigenvalue weighted by Crippen LogP contribution is -1.92. The molecule has 1 aromatic carbocycles. The van der Waals surface area contributed by atoms with Crippen LogP contribution in [0.2, 0.25) is 0 Å². The zero-order chi connectivity index (χ0) is 11.8. The van der Waals surface area contributed by atoms with Crippen molar-refractivity contribution >= 4 is 5.65 Å². The molecule has 2 heterocycles. The van der Waals surface area contributed by atoms with E-state index in [-0.39, 0.29) is 5.82 Å². The van der Waals surface area contributed by atoms with Gasteiger partial charge in [0.1, 0.15) is 11.5 Å². The number of hydrogen-bond donors (Lipinski definition) is 0. The largest absolute Gasteiger partial charge is 0.297 e. The van der Waals surface area contributed by atoms with Crippen LogP contribution in [0.5, 0.6) is 0 Å². The van der Waals surface area contributed by atoms with Crippen molar-refractivity contribution in [2.24, 2.45) is 0 Å². The Hall–Kier alpha value is -2.16. The minimum Gasteiger partial charge on any atom is -0.297 e. The normalized spacial score (nSPS) is 10.9. The van der Waals surface area contributed by atoms with Crippen molar-refractivity contribution in [2.75, 3.05) is 0 Å². The Labute approximate surface area is 98.4 Å². The van der Waals surface area contributed by atoms with Crippen molar-refractivity contribution in [3.8, 4) is 11.3 Å². The van der Waals surface area contributed by atoms with Crippen LogP contribution in [0.3, 0.4) is 0 Å². The van der Waals surface area contributed by atoms with E-state index in [1.54, 1.807) is 12.1 Å². The molecule has 0 atom stereocenters. The number of benzene rings is 1. The molecule has 2 aromatic heterocycles. The maximum atomic E-state index is 12.9. The van der Waals surface area contributed by atoms with E-state index in [2.05, 4.69) is 9.38 Å². The molecule has 0 saturated heterocycles. The topological polar surface area (TPSA) is 17.3 Å². The highest BCUT2D eigenvalue weighted by Gasteiger charge is 2.07. The second-order valence-electron chi connectivity index (χ2n) is 4.01. The SMILES string of the molecule is Cc1cccc2ncc(-c3ccc(F)cc3)n12. The van der Waals surface area contributed by atoms with Crippen molar-refractivity contribution in [1.82, 2.24) is 9.38 Å². The lowest BCUT2D eigenvalue weighted by molar-refractivity contribution is 0.628. The zero-order valence-corrected chi connectivity index (χ0v) is 9.39. The van der Waals surface area contributed by atoms with Gasteiger partial charge in [0.15, 0.2) is 0 Å². The van der Waals surface area contributed by atoms with Crippen molar-refractivity contribution in [1.29, 1.82) is 0 Å². The fraction of sp³-hybridized carbons (Fsp3) is 0.0714. The summed E-state index contributed by atoms with van der Waals surface area (Å²) in [5, 5.41) is 0. The van der Waals surface area contributed by atoms with Crippen LogP contribution in [-0.4, -0.2) is 9.38 Å². The first-order valence-electron chi connectivity index (χ1n) is 5.45. The summed E-state index contributed by atoms with van der Waals surface area (Å²) in [4.78, 5) is 4.35. The summed E-state index contributed by atoms with van der Waals surface area (Å²) in [6, 6.07) is 12.4. The fourth-order valence-electron chi connectivity index (χ4n) is 2.03. The highest BCUT2D eigenvalue weighted by molar-refractivity contribution is 5.64. The molecule has 0 aliphatic carbocycles. The summed E-state index contributed by atoms with van der Waals surface area (Å²) >= 11 is 0. The predicted octanol–water partition coefficient (Wildman–Crippen LogP) is 3.45. The van der Waals surface area contributed by atoms with Gasteiger partial charge < -0.3 is 0 Å². The number of aryl methyl sites for hydroxylation is 1. The Balaban J connectivity index is 2.27. The molecule has 3 heteroatoms. The minimum absolute atomic E-state index is 0.223. The lowest BCUT2D eigenvalue weighted by Gasteiger charge is -2.05. The zero-order valence-electron chi connectivity index (χ0n) is 9.39. The molecule has 0 saturated carbocycles. The molecule has 0 aliphatic rings. The molecular weight excluding hydrogens is 215 g/mol. The van der Waals surface area contributed by atoms with Gasteiger partial charge in [0.05, 0.1) is 11.9 Å². The molecule has 0 fully saturated rings. The highest BCUT2D eigenvalue weighted by atomic mass is 19.1. The van der Waals surface area contributed by atoms with Gasteiger partial charge in [-0.1, -0.05) is 6.07 Å². The fourth-order valence-corrected chi connectivity index (χ4v) is 2.03. The van der Waals surface area contributed by atoms with Crippen molar-refractivity contribution in [3.05, 3.63) is 60.2 Å². The molecule has 2 nitrogen and oxygen atoms in total. The molecule has 0 radical (unpaired) electrons. The smallest absolute Gasteiger partial charge is 0.137 e. The first-order valence-corrected chi connectivity index (χ1v) is 5.45. The van der Waals surface area contributed by atoms with Crippen molar-refractivity contribution in [2.45, 2.75) is 6.92 Å². The summed E-state index contributed by atoms with van der Waals surface area (Å²) in [6.45, 7) is 2.03. The number of rotatable bonds is 1. The molecule has 0 amide bonds. The number of halogens is 1. The molecule has 0 bridgehead atoms. The molecule has 0 N–H and O–H groups in total. The van der Waals surface area contributed by atoms with Crippen molar-refractivity contribution < 1.29 is 4.39 Å². The number of hydrogen-bond acceptors (Lipinski definition) is 1. The average Bonchev–Trinajstić information content (AvgIpc) is 2.75. The Morgan fingerprint density at radius 2 is 1.82 bits per heavy atom. The molecule has 17 heavy (non-hydrogen) atoms. The first kappa shape index (κ1) is 10.0. The molecule has 0 aliphatic heterocycles. The van der Waals surface area contributed by atoms with Crippen LogP contribution in [0.25, 0.3) is 16.9 Å². The van der Waals surface area contributed by atoms with Gasteiger partial charge in [0, 0.05) is 11.3 Å². The maximum absolute atomic E-state index is 12.9. The number of imidazole rings is 1. The Kier molecular flexibility index (Phi) is 2.18. The second kappa shape index (κ2) is 3.70. The van der Waals surface area contributed by atoms with Crippen LogP contribution in [0.4, 0.5) is 4.39 Å². The van der Waals surface area contributed by atoms with Crippen LogP contribution in [-0.2, 0) is 0 Å². The van der Waals surface area contributed by atoms with Gasteiger partial charge in [-0.05, 0) is 43.3 Å². The summed E-state index contributed by atoms with van der Waals surface area (Å²) in [5.41, 5.74) is 3.97. The van der Waals surface area contributed by atoms with E-state index in [1.165, 1.54) is 12.1 Å². The predicted molar refractivity (Wildman–Crippen MR) is 65.3 cm³/mol. The quantitative estimate of drug-likeness (QED) is 0.621. The lowest BCUT2D eigenvalue weighted by atomic mass is 10.1. The van der Waals surface area contributed by atoms with E-state index in [0.29, 0.717) is 0 Å². The van der Waals surface area contributed by atoms with Crippen LogP contribution in [0, 0.1) is 12.7 Å². The minimum atomic E-state index is -0.223. The van der Waals surface area contributed by atoms with E-state index < -0.39 is 0 Å². The van der Waals surface area contributed by atoms with Gasteiger partial charge >= 0.3 is 0 Å². The van der Waals surface area contributed by atoms with E-state index in [0.717, 1.165) is 22.6 Å². The van der Waals surface area contributed by atoms with Crippen LogP contribution >= 0.6 is 0 Å². The third-order valence-corrected chi connectivity index (χ3v) is 2.86. The van der Waals surface area contributed by atoms with Crippen LogP contribution in [0.1, 0.15) is 5.69 Å². The van der Waals surface area contributed by atoms with Gasteiger partial charge in [-0.2, -0.15) is 0 Å². The first-order chi connectivity index (χ1) is 8.25. The monoisotopic (exact) mass is 226 g/mol. The molecule has 84 valence electrons. The van der Waals surface area contributed by atoms with E-state index in [9.17, 15) is 4.39 Å². The van der Waals surface area contributed by atoms with Crippen molar-refractivity contribution in [3.63, 3.8) is 0 Å². The van der Waals surface area contributed by atoms with Gasteiger partial charge in [0.2, 0.25) is 0 Å². The Bertz CT molecular complexity index is 668. The second-order valence-corrected chi connectivity index (χ2v) is 4.01. The van der Waals surface area contributed by atoms with E-state index in [1.807, 2.05) is 31.3 Å². The van der Waals surface area contributed by atoms with E-state index in [4.69, 9.17) is 0 Å². The maximum Gasteiger partial charge on any atom is 0.137 e. The molecular formula is C14H11FN2. The third kappa shape index (κ3) is 1.60. The molecule has 3 rings (SSSR count). The highest BCUT2D eigenvalue weighted by Crippen LogP contribution is 2.22. The standard InChI is InChI=1S/C14H11FN2/c1-10-3-2-4-14-16-9-13(17(10)14)11-5-7-12(15)8-6-11/h2-9H,1H3. The van der Waals surface area contributed by atoms with Gasteiger partial charge in [-0.15, -0.1) is 0 Å². The van der Waals surface area contributed by atoms with E-state index >= 15 is 0 Å². The van der Waals surface area contributed by atoms with Gasteiger partial charge in [-0.25, -0.2) is 9.37 Å². The number of fused-ring (bicyclic) bond motifs is 1. The number of aromatic nitrogens is 2. The molecule has 0 spiro atoms. The summed E-state index contributed by atoms with van der Waals surface area (Å²) in [5.74, 6) is -0.223. The van der Waals surface area contributed by atoms with Gasteiger partial charge in [-0.3, -0.25) is 4.40 Å². The summed E-state index contributed by atoms with van der Waals surface area (Å²) in [7, 11) is 0. The van der Waals surface area contributed by atoms with Crippen LogP contribution in [0.15, 0.2) is 48.7 Å². The Morgan fingerprint density at radius 3 is 2.59 bits per heavy atom. The third-order valence-electron chi connectivity index (χ3n) is 2.86. The summed E-state index contributed by atoms with van der Waals surface area (Å²) < 4.78 is 15.0. The molecule has 3 aromatic rings. The average molecular weight is 226 g/mol. The van der Waals surface area contributed by atoms with Crippen LogP contribution < -0.4 is 0 Å². The molecule has 0 unspecified atom stereocenters. The summed E-state index contributed by atoms with van der Waals surface area (Å²) in [6.07, 6.45) is 1.82. The number of pyridine rings is 1. The Morgan fingerprint density at radius 1 is 1.06 bits per heavy atom. The van der Waals surface area contributed by atoms with Gasteiger partial charge in [0.25, 0.3) is 0 Å².